The molecular formula is C48H31N3. The van der Waals surface area contributed by atoms with Gasteiger partial charge in [0, 0.05) is 38.0 Å². The van der Waals surface area contributed by atoms with Crippen LogP contribution >= 0.6 is 0 Å². The van der Waals surface area contributed by atoms with Gasteiger partial charge in [-0.2, -0.15) is 0 Å². The van der Waals surface area contributed by atoms with Gasteiger partial charge in [0.05, 0.1) is 82.9 Å². The molecule has 0 aliphatic carbocycles. The molecule has 3 aromatic heterocycles. The second kappa shape index (κ2) is 10.8. The molecule has 0 spiro atoms. The quantitative estimate of drug-likeness (QED) is 0.176. The van der Waals surface area contributed by atoms with E-state index in [1.54, 1.807) is 0 Å². The number of fused-ring (bicyclic) bond motifs is 9. The predicted molar refractivity (Wildman–Crippen MR) is 215 cm³/mol. The zero-order chi connectivity index (χ0) is 57.8. The third-order valence-corrected chi connectivity index (χ3v) is 8.68. The van der Waals surface area contributed by atoms with Gasteiger partial charge in [-0.3, -0.25) is 0 Å². The summed E-state index contributed by atoms with van der Waals surface area (Å²) in [5, 5.41) is -2.88. The molecule has 3 heteroatoms. The summed E-state index contributed by atoms with van der Waals surface area (Å²) in [5.74, 6) is 0. The van der Waals surface area contributed by atoms with Crippen molar-refractivity contribution >= 4 is 65.4 Å². The number of hydrogen-bond acceptors (Lipinski definition) is 0. The van der Waals surface area contributed by atoms with E-state index < -0.39 is 252 Å². The van der Waals surface area contributed by atoms with E-state index in [0.29, 0.717) is 0 Å². The summed E-state index contributed by atoms with van der Waals surface area (Å²) < 4.78 is 255. The summed E-state index contributed by atoms with van der Waals surface area (Å²) >= 11 is 0. The molecule has 11 rings (SSSR count). The maximum atomic E-state index is 10.1. The van der Waals surface area contributed by atoms with Crippen molar-refractivity contribution in [3.8, 4) is 28.2 Å². The van der Waals surface area contributed by atoms with Crippen LogP contribution in [0.1, 0.15) is 38.4 Å². The number of rotatable bonds is 4. The van der Waals surface area contributed by atoms with Crippen LogP contribution in [-0.2, 0) is 0 Å². The van der Waals surface area contributed by atoms with Gasteiger partial charge in [0.15, 0.2) is 0 Å². The molecular weight excluding hydrogens is 619 g/mol. The number of para-hydroxylation sites is 5. The summed E-state index contributed by atoms with van der Waals surface area (Å²) in [5.41, 5.74) is -5.55. The van der Waals surface area contributed by atoms with Gasteiger partial charge in [0.1, 0.15) is 0 Å². The van der Waals surface area contributed by atoms with E-state index in [1.807, 2.05) is 0 Å². The first kappa shape index (κ1) is 12.2. The number of hydrogen-bond donors (Lipinski definition) is 0. The second-order valence-corrected chi connectivity index (χ2v) is 11.3. The molecule has 11 aromatic rings. The largest absolute Gasteiger partial charge is 0.309 e. The van der Waals surface area contributed by atoms with Gasteiger partial charge < -0.3 is 13.7 Å². The van der Waals surface area contributed by atoms with Crippen molar-refractivity contribution in [3.05, 3.63) is 187 Å². The molecule has 0 bridgehead atoms. The van der Waals surface area contributed by atoms with Crippen molar-refractivity contribution < 1.29 is 38.4 Å². The average molecular weight is 678 g/mol. The van der Waals surface area contributed by atoms with Gasteiger partial charge in [-0.15, -0.1) is 0 Å². The minimum Gasteiger partial charge on any atom is -0.309 e. The van der Waals surface area contributed by atoms with Crippen LogP contribution in [0.3, 0.4) is 0 Å². The third-order valence-electron chi connectivity index (χ3n) is 8.68. The molecule has 0 N–H and O–H groups in total. The maximum Gasteiger partial charge on any atom is 0.0709 e. The Kier molecular flexibility index (Phi) is 2.59. The average Bonchev–Trinajstić information content (AvgIpc) is 3.89. The Hall–Kier alpha value is -6.84. The first-order valence-corrected chi connectivity index (χ1v) is 15.3. The fourth-order valence-corrected chi connectivity index (χ4v) is 6.60. The van der Waals surface area contributed by atoms with E-state index in [-0.39, 0.29) is 11.3 Å². The van der Waals surface area contributed by atoms with Gasteiger partial charge >= 0.3 is 0 Å². The highest BCUT2D eigenvalue weighted by molar-refractivity contribution is 6.13. The van der Waals surface area contributed by atoms with Crippen LogP contribution in [0.5, 0.6) is 0 Å². The first-order valence-electron chi connectivity index (χ1n) is 29.3. The fourth-order valence-electron chi connectivity index (χ4n) is 6.60. The van der Waals surface area contributed by atoms with Gasteiger partial charge in [-0.1, -0.05) is 127 Å². The number of nitrogens with zero attached hydrogens (tertiary/aromatic N) is 3. The lowest BCUT2D eigenvalue weighted by Crippen LogP contribution is -2.04. The van der Waals surface area contributed by atoms with Crippen molar-refractivity contribution in [2.45, 2.75) is 0 Å². The van der Waals surface area contributed by atoms with Crippen LogP contribution in [-0.4, -0.2) is 13.7 Å². The van der Waals surface area contributed by atoms with Crippen molar-refractivity contribution in [2.24, 2.45) is 0 Å². The maximum absolute atomic E-state index is 10.1. The molecule has 0 unspecified atom stereocenters. The van der Waals surface area contributed by atoms with E-state index in [4.69, 9.17) is 28.8 Å². The zero-order valence-electron chi connectivity index (χ0n) is 53.6. The smallest absolute Gasteiger partial charge is 0.0709 e. The fraction of sp³-hybridized carbons (Fsp3) is 0. The molecule has 0 saturated heterocycles. The second-order valence-electron chi connectivity index (χ2n) is 11.3. The lowest BCUT2D eigenvalue weighted by Gasteiger charge is -2.18. The summed E-state index contributed by atoms with van der Waals surface area (Å²) in [6, 6.07) is -19.7. The van der Waals surface area contributed by atoms with Crippen molar-refractivity contribution in [1.29, 1.82) is 0 Å². The molecule has 0 aliphatic heterocycles. The normalized spacial score (nSPS) is 19.6. The Morgan fingerprint density at radius 1 is 0.314 bits per heavy atom. The molecule has 0 saturated carbocycles. The van der Waals surface area contributed by atoms with E-state index in [1.165, 1.54) is 12.1 Å². The summed E-state index contributed by atoms with van der Waals surface area (Å²) in [6.45, 7) is 0. The van der Waals surface area contributed by atoms with Crippen LogP contribution in [0.4, 0.5) is 0 Å². The topological polar surface area (TPSA) is 14.8 Å². The van der Waals surface area contributed by atoms with Crippen molar-refractivity contribution in [3.63, 3.8) is 0 Å². The van der Waals surface area contributed by atoms with E-state index in [0.717, 1.165) is 19.8 Å². The first-order chi connectivity index (χ1) is 37.0. The van der Waals surface area contributed by atoms with Crippen LogP contribution < -0.4 is 0 Å². The van der Waals surface area contributed by atoms with Gasteiger partial charge in [-0.25, -0.2) is 0 Å². The van der Waals surface area contributed by atoms with Crippen LogP contribution in [0.25, 0.3) is 93.6 Å². The molecule has 3 nitrogen and oxygen atoms in total. The molecule has 8 aromatic carbocycles. The Balaban J connectivity index is 1.44. The Labute approximate surface area is 333 Å². The number of aromatic nitrogens is 3. The van der Waals surface area contributed by atoms with Gasteiger partial charge in [-0.05, 0) is 71.6 Å². The van der Waals surface area contributed by atoms with Crippen LogP contribution in [0, 0.1) is 0 Å². The molecule has 0 amide bonds. The Morgan fingerprint density at radius 2 is 0.725 bits per heavy atom. The van der Waals surface area contributed by atoms with Crippen molar-refractivity contribution in [1.82, 2.24) is 13.7 Å². The summed E-state index contributed by atoms with van der Waals surface area (Å²) in [6.07, 6.45) is 0. The van der Waals surface area contributed by atoms with E-state index >= 15 is 0 Å². The number of benzene rings is 8. The SMILES string of the molecule is [2H]c1c([2H])c([2H])c(-c2ccc(-n3c4c([2H])c([2H])c([2H])c([2H])c4c4c([2H])c([2H])c([2H])c([2H])c43)c(-n3c4c([2H])c([2H])c([2H])c([2H])c4c4c([2H])c(-n5c6c([2H])c([2H])c([2H])c([2H])c6c6c([2H])c([2H])c([2H])c([2H])c65)c([2H])c([2H])c43)c2)c([2H])c1[2H]. The highest BCUT2D eigenvalue weighted by Crippen LogP contribution is 2.41. The Bertz CT molecular complexity index is 4580. The molecule has 0 aliphatic rings. The minimum atomic E-state index is -1.00. The Morgan fingerprint density at radius 3 is 1.25 bits per heavy atom. The van der Waals surface area contributed by atoms with Gasteiger partial charge in [0.25, 0.3) is 0 Å². The lowest BCUT2D eigenvalue weighted by atomic mass is 10.0. The zero-order valence-corrected chi connectivity index (χ0v) is 25.6. The standard InChI is InChI=1S/C48H31N3/c1-2-14-32(15-3-1)33-26-28-47(50-43-23-11-6-18-37(43)38-19-7-12-24-44(38)50)48(30-33)51-45-25-13-8-20-39(45)40-31-34(27-29-46(40)51)49-41-21-9-4-16-35(41)36-17-5-10-22-42(36)49/h1-31H/i1D,2D,3D,4D,5D,6D,7D,8D,9D,10D,11D,12D,13D,14D,15D,16D,17D,18D,19D,20D,21D,22D,23D,24D,25D,27D,29D,31D. The van der Waals surface area contributed by atoms with Crippen LogP contribution in [0.2, 0.25) is 0 Å². The highest BCUT2D eigenvalue weighted by atomic mass is 15.1. The minimum absolute atomic E-state index is 0.231. The molecule has 0 fully saturated rings. The van der Waals surface area contributed by atoms with E-state index in [2.05, 4.69) is 0 Å². The molecule has 0 radical (unpaired) electrons. The molecule has 0 atom stereocenters. The third kappa shape index (κ3) is 4.06. The van der Waals surface area contributed by atoms with E-state index in [9.17, 15) is 9.60 Å². The highest BCUT2D eigenvalue weighted by Gasteiger charge is 2.21. The van der Waals surface area contributed by atoms with Gasteiger partial charge in [0.2, 0.25) is 0 Å². The molecule has 3 heterocycles. The summed E-state index contributed by atoms with van der Waals surface area (Å²) in [4.78, 5) is 0. The molecule has 238 valence electrons. The molecule has 51 heavy (non-hydrogen) atoms. The summed E-state index contributed by atoms with van der Waals surface area (Å²) in [7, 11) is 0. The van der Waals surface area contributed by atoms with Crippen molar-refractivity contribution in [2.75, 3.05) is 0 Å². The lowest BCUT2D eigenvalue weighted by molar-refractivity contribution is 1.09. The van der Waals surface area contributed by atoms with Crippen LogP contribution in [0.15, 0.2) is 187 Å². The predicted octanol–water partition coefficient (Wildman–Crippen LogP) is 12.6. The monoisotopic (exact) mass is 677 g/mol.